The predicted molar refractivity (Wildman–Crippen MR) is 53.3 cm³/mol. The lowest BCUT2D eigenvalue weighted by Crippen LogP contribution is -2.40. The van der Waals surface area contributed by atoms with Crippen LogP contribution in [0.5, 0.6) is 0 Å². The zero-order valence-electron chi connectivity index (χ0n) is 8.95. The van der Waals surface area contributed by atoms with E-state index in [9.17, 15) is 14.4 Å². The zero-order valence-corrected chi connectivity index (χ0v) is 8.95. The van der Waals surface area contributed by atoms with Crippen molar-refractivity contribution in [1.29, 1.82) is 0 Å². The second-order valence-electron chi connectivity index (χ2n) is 3.51. The number of esters is 2. The summed E-state index contributed by atoms with van der Waals surface area (Å²) in [4.78, 5) is 33.3. The van der Waals surface area contributed by atoms with E-state index in [-0.39, 0.29) is 13.2 Å². The third kappa shape index (κ3) is 2.82. The van der Waals surface area contributed by atoms with Gasteiger partial charge in [0.2, 0.25) is 11.5 Å². The number of hydrogen-bond donors (Lipinski definition) is 1. The van der Waals surface area contributed by atoms with Crippen molar-refractivity contribution in [2.45, 2.75) is 18.9 Å². The fourth-order valence-electron chi connectivity index (χ4n) is 1.20. The summed E-state index contributed by atoms with van der Waals surface area (Å²) >= 11 is 0. The van der Waals surface area contributed by atoms with Crippen LogP contribution in [0.15, 0.2) is 12.7 Å². The molecule has 6 nitrogen and oxygen atoms in total. The van der Waals surface area contributed by atoms with E-state index in [2.05, 4.69) is 11.9 Å². The standard InChI is InChI=1S/C10H13NO5/c1-3-7(12)11-6-8(13)16-10(2)4-5-15-9(10)14/h3H,1,4-6H2,2H3,(H,11,12)/t10-/m0/s1. The number of carbonyl (C=O) groups excluding carboxylic acids is 3. The molecule has 16 heavy (non-hydrogen) atoms. The molecule has 1 heterocycles. The third-order valence-corrected chi connectivity index (χ3v) is 2.18. The first-order valence-corrected chi connectivity index (χ1v) is 4.77. The fraction of sp³-hybridized carbons (Fsp3) is 0.500. The molecule has 1 aliphatic heterocycles. The van der Waals surface area contributed by atoms with E-state index in [1.807, 2.05) is 0 Å². The van der Waals surface area contributed by atoms with Crippen LogP contribution in [0.3, 0.4) is 0 Å². The molecule has 0 bridgehead atoms. The Bertz CT molecular complexity index is 338. The van der Waals surface area contributed by atoms with Gasteiger partial charge in [-0.1, -0.05) is 6.58 Å². The Kier molecular flexibility index (Phi) is 3.65. The summed E-state index contributed by atoms with van der Waals surface area (Å²) in [7, 11) is 0. The van der Waals surface area contributed by atoms with Gasteiger partial charge in [0.25, 0.3) is 0 Å². The van der Waals surface area contributed by atoms with Crippen LogP contribution in [0.25, 0.3) is 0 Å². The normalized spacial score (nSPS) is 23.4. The maximum Gasteiger partial charge on any atom is 0.350 e. The smallest absolute Gasteiger partial charge is 0.350 e. The molecule has 1 N–H and O–H groups in total. The molecule has 0 aliphatic carbocycles. The van der Waals surface area contributed by atoms with Crippen LogP contribution in [0.1, 0.15) is 13.3 Å². The molecule has 1 amide bonds. The van der Waals surface area contributed by atoms with Crippen molar-refractivity contribution in [2.75, 3.05) is 13.2 Å². The maximum atomic E-state index is 11.3. The fourth-order valence-corrected chi connectivity index (χ4v) is 1.20. The number of cyclic esters (lactones) is 1. The van der Waals surface area contributed by atoms with Gasteiger partial charge in [-0.2, -0.15) is 0 Å². The summed E-state index contributed by atoms with van der Waals surface area (Å²) < 4.78 is 9.64. The van der Waals surface area contributed by atoms with Crippen molar-refractivity contribution in [3.8, 4) is 0 Å². The second kappa shape index (κ2) is 4.78. The van der Waals surface area contributed by atoms with Gasteiger partial charge in [0.1, 0.15) is 6.54 Å². The van der Waals surface area contributed by atoms with Gasteiger partial charge < -0.3 is 14.8 Å². The minimum Gasteiger partial charge on any atom is -0.463 e. The lowest BCUT2D eigenvalue weighted by molar-refractivity contribution is -0.170. The SMILES string of the molecule is C=CC(=O)NCC(=O)O[C@@]1(C)CCOC1=O. The maximum absolute atomic E-state index is 11.3. The van der Waals surface area contributed by atoms with E-state index in [4.69, 9.17) is 9.47 Å². The molecule has 88 valence electrons. The molecule has 6 heteroatoms. The molecule has 0 aromatic rings. The third-order valence-electron chi connectivity index (χ3n) is 2.18. The molecule has 0 radical (unpaired) electrons. The summed E-state index contributed by atoms with van der Waals surface area (Å²) in [6.07, 6.45) is 1.37. The molecule has 1 atom stereocenters. The van der Waals surface area contributed by atoms with Crippen molar-refractivity contribution < 1.29 is 23.9 Å². The van der Waals surface area contributed by atoms with Gasteiger partial charge in [-0.05, 0) is 13.0 Å². The van der Waals surface area contributed by atoms with Crippen LogP contribution < -0.4 is 5.32 Å². The van der Waals surface area contributed by atoms with Gasteiger partial charge in [-0.25, -0.2) is 4.79 Å². The first-order valence-electron chi connectivity index (χ1n) is 4.77. The number of hydrogen-bond acceptors (Lipinski definition) is 5. The van der Waals surface area contributed by atoms with Crippen LogP contribution >= 0.6 is 0 Å². The van der Waals surface area contributed by atoms with Crippen LogP contribution in [-0.2, 0) is 23.9 Å². The summed E-state index contributed by atoms with van der Waals surface area (Å²) in [5.74, 6) is -1.72. The van der Waals surface area contributed by atoms with E-state index < -0.39 is 23.4 Å². The lowest BCUT2D eigenvalue weighted by atomic mass is 10.1. The summed E-state index contributed by atoms with van der Waals surface area (Å²) in [6.45, 7) is 4.65. The van der Waals surface area contributed by atoms with Gasteiger partial charge in [-0.15, -0.1) is 0 Å². The summed E-state index contributed by atoms with van der Waals surface area (Å²) in [6, 6.07) is 0. The molecule has 0 unspecified atom stereocenters. The van der Waals surface area contributed by atoms with Crippen molar-refractivity contribution in [2.24, 2.45) is 0 Å². The average molecular weight is 227 g/mol. The van der Waals surface area contributed by atoms with E-state index >= 15 is 0 Å². The number of amides is 1. The largest absolute Gasteiger partial charge is 0.463 e. The first kappa shape index (κ1) is 12.2. The average Bonchev–Trinajstić information content (AvgIpc) is 2.55. The molecule has 0 aromatic carbocycles. The first-order chi connectivity index (χ1) is 7.48. The van der Waals surface area contributed by atoms with Gasteiger partial charge in [0.15, 0.2) is 0 Å². The van der Waals surface area contributed by atoms with Crippen LogP contribution in [0.2, 0.25) is 0 Å². The van der Waals surface area contributed by atoms with Crippen LogP contribution in [-0.4, -0.2) is 36.6 Å². The Morgan fingerprint density at radius 3 is 2.88 bits per heavy atom. The Balaban J connectivity index is 2.42. The van der Waals surface area contributed by atoms with E-state index in [1.165, 1.54) is 6.92 Å². The van der Waals surface area contributed by atoms with E-state index in [0.717, 1.165) is 6.08 Å². The molecular formula is C10H13NO5. The molecule has 1 fully saturated rings. The topological polar surface area (TPSA) is 81.7 Å². The predicted octanol–water partition coefficient (Wildman–Crippen LogP) is -0.463. The minimum atomic E-state index is -1.23. The van der Waals surface area contributed by atoms with E-state index in [1.54, 1.807) is 0 Å². The van der Waals surface area contributed by atoms with Crippen LogP contribution in [0.4, 0.5) is 0 Å². The molecular weight excluding hydrogens is 214 g/mol. The molecule has 0 aromatic heterocycles. The van der Waals surface area contributed by atoms with Crippen molar-refractivity contribution in [3.05, 3.63) is 12.7 Å². The highest BCUT2D eigenvalue weighted by Crippen LogP contribution is 2.23. The minimum absolute atomic E-state index is 0.238. The number of rotatable bonds is 4. The van der Waals surface area contributed by atoms with Crippen molar-refractivity contribution in [3.63, 3.8) is 0 Å². The molecule has 1 saturated heterocycles. The Morgan fingerprint density at radius 2 is 2.38 bits per heavy atom. The van der Waals surface area contributed by atoms with Gasteiger partial charge in [0, 0.05) is 6.42 Å². The van der Waals surface area contributed by atoms with Crippen molar-refractivity contribution >= 4 is 17.8 Å². The van der Waals surface area contributed by atoms with E-state index in [0.29, 0.717) is 6.42 Å². The molecule has 0 spiro atoms. The van der Waals surface area contributed by atoms with Gasteiger partial charge in [-0.3, -0.25) is 9.59 Å². The highest BCUT2D eigenvalue weighted by Gasteiger charge is 2.43. The number of ether oxygens (including phenoxy) is 2. The quantitative estimate of drug-likeness (QED) is 0.519. The zero-order chi connectivity index (χ0) is 12.2. The number of nitrogens with one attached hydrogen (secondary N) is 1. The highest BCUT2D eigenvalue weighted by molar-refractivity contribution is 5.90. The lowest BCUT2D eigenvalue weighted by Gasteiger charge is -2.19. The van der Waals surface area contributed by atoms with Crippen molar-refractivity contribution in [1.82, 2.24) is 5.32 Å². The molecule has 1 aliphatic rings. The Hall–Kier alpha value is -1.85. The van der Waals surface area contributed by atoms with Crippen LogP contribution in [0, 0.1) is 0 Å². The second-order valence-corrected chi connectivity index (χ2v) is 3.51. The van der Waals surface area contributed by atoms with Gasteiger partial charge in [0.05, 0.1) is 6.61 Å². The monoisotopic (exact) mass is 227 g/mol. The van der Waals surface area contributed by atoms with Gasteiger partial charge >= 0.3 is 11.9 Å². The Labute approximate surface area is 92.6 Å². The summed E-state index contributed by atoms with van der Waals surface area (Å²) in [5, 5.41) is 2.25. The highest BCUT2D eigenvalue weighted by atomic mass is 16.6. The Morgan fingerprint density at radius 1 is 1.69 bits per heavy atom. The summed E-state index contributed by atoms with van der Waals surface area (Å²) in [5.41, 5.74) is -1.23. The number of carbonyl (C=O) groups is 3. The molecule has 1 rings (SSSR count). The molecule has 0 saturated carbocycles.